The fourth-order valence-corrected chi connectivity index (χ4v) is 6.76. The first-order valence-corrected chi connectivity index (χ1v) is 13.6. The van der Waals surface area contributed by atoms with Gasteiger partial charge < -0.3 is 5.32 Å². The van der Waals surface area contributed by atoms with Crippen LogP contribution in [0.1, 0.15) is 57.6 Å². The number of benzene rings is 1. The molecule has 2 heterocycles. The predicted octanol–water partition coefficient (Wildman–Crippen LogP) is 3.58. The summed E-state index contributed by atoms with van der Waals surface area (Å²) in [6, 6.07) is 5.80. The van der Waals surface area contributed by atoms with Crippen LogP contribution in [0.15, 0.2) is 23.1 Å². The third kappa shape index (κ3) is 5.91. The first kappa shape index (κ1) is 25.2. The van der Waals surface area contributed by atoms with Gasteiger partial charge in [0.25, 0.3) is 0 Å². The molecule has 1 aromatic rings. The van der Waals surface area contributed by atoms with Crippen LogP contribution in [0.3, 0.4) is 0 Å². The molecule has 32 heavy (non-hydrogen) atoms. The molecule has 0 bridgehead atoms. The van der Waals surface area contributed by atoms with Crippen LogP contribution in [0.4, 0.5) is 0 Å². The Morgan fingerprint density at radius 1 is 1.06 bits per heavy atom. The minimum atomic E-state index is -3.52. The number of aryl methyl sites for hydroxylation is 2. The van der Waals surface area contributed by atoms with Gasteiger partial charge in [0.15, 0.2) is 0 Å². The number of piperidine rings is 2. The average Bonchev–Trinajstić information content (AvgIpc) is 2.74. The van der Waals surface area contributed by atoms with E-state index in [4.69, 9.17) is 0 Å². The van der Waals surface area contributed by atoms with Gasteiger partial charge in [0.1, 0.15) is 0 Å². The molecule has 2 saturated heterocycles. The third-order valence-electron chi connectivity index (χ3n) is 7.32. The van der Waals surface area contributed by atoms with Gasteiger partial charge in [-0.25, -0.2) is 8.42 Å². The number of sulfonamides is 1. The van der Waals surface area contributed by atoms with Gasteiger partial charge in [0, 0.05) is 31.6 Å². The number of likely N-dealkylation sites (tertiary alicyclic amines) is 1. The van der Waals surface area contributed by atoms with Gasteiger partial charge in [-0.3, -0.25) is 9.69 Å². The Labute approximate surface area is 194 Å². The van der Waals surface area contributed by atoms with Crippen molar-refractivity contribution in [3.05, 3.63) is 29.3 Å². The van der Waals surface area contributed by atoms with Crippen molar-refractivity contribution >= 4 is 15.9 Å². The lowest BCUT2D eigenvalue weighted by molar-refractivity contribution is -0.126. The van der Waals surface area contributed by atoms with E-state index in [1.165, 1.54) is 12.8 Å². The molecule has 2 aliphatic rings. The standard InChI is InChI=1S/C25H41N3O3S/c1-18(2)23(27-12-8-19(3)9-13-27)17-26-25(29)22-10-14-28(15-11-22)32(30,31)24-7-6-20(4)16-21(24)5/h6-7,16,18-19,22-23H,8-15,17H2,1-5H3,(H,26,29). The molecule has 0 radical (unpaired) electrons. The lowest BCUT2D eigenvalue weighted by Crippen LogP contribution is -2.51. The van der Waals surface area contributed by atoms with E-state index >= 15 is 0 Å². The molecule has 0 aromatic heterocycles. The van der Waals surface area contributed by atoms with Crippen molar-refractivity contribution in [1.82, 2.24) is 14.5 Å². The van der Waals surface area contributed by atoms with Gasteiger partial charge in [-0.15, -0.1) is 0 Å². The smallest absolute Gasteiger partial charge is 0.243 e. The highest BCUT2D eigenvalue weighted by atomic mass is 32.2. The lowest BCUT2D eigenvalue weighted by Gasteiger charge is -2.39. The highest BCUT2D eigenvalue weighted by Gasteiger charge is 2.33. The highest BCUT2D eigenvalue weighted by molar-refractivity contribution is 7.89. The zero-order chi connectivity index (χ0) is 23.5. The maximum atomic E-state index is 13.1. The molecule has 7 heteroatoms. The van der Waals surface area contributed by atoms with Gasteiger partial charge in [0.05, 0.1) is 4.90 Å². The summed E-state index contributed by atoms with van der Waals surface area (Å²) in [4.78, 5) is 15.8. The SMILES string of the molecule is Cc1ccc(S(=O)(=O)N2CCC(C(=O)NCC(C(C)C)N3CCC(C)CC3)CC2)c(C)c1. The van der Waals surface area contributed by atoms with Crippen molar-refractivity contribution in [3.63, 3.8) is 0 Å². The van der Waals surface area contributed by atoms with Crippen LogP contribution in [-0.2, 0) is 14.8 Å². The molecule has 180 valence electrons. The zero-order valence-electron chi connectivity index (χ0n) is 20.4. The van der Waals surface area contributed by atoms with E-state index in [1.807, 2.05) is 26.0 Å². The summed E-state index contributed by atoms with van der Waals surface area (Å²) in [6.45, 7) is 14.2. The van der Waals surface area contributed by atoms with E-state index in [1.54, 1.807) is 10.4 Å². The topological polar surface area (TPSA) is 69.7 Å². The molecule has 0 aliphatic carbocycles. The predicted molar refractivity (Wildman–Crippen MR) is 129 cm³/mol. The second-order valence-corrected chi connectivity index (χ2v) is 12.1. The normalized spacial score (nSPS) is 21.1. The van der Waals surface area contributed by atoms with Crippen LogP contribution in [0.5, 0.6) is 0 Å². The van der Waals surface area contributed by atoms with Gasteiger partial charge in [-0.1, -0.05) is 38.5 Å². The Bertz CT molecular complexity index is 884. The fourth-order valence-electron chi connectivity index (χ4n) is 5.08. The minimum Gasteiger partial charge on any atom is -0.354 e. The van der Waals surface area contributed by atoms with Crippen molar-refractivity contribution in [1.29, 1.82) is 0 Å². The maximum Gasteiger partial charge on any atom is 0.243 e. The summed E-state index contributed by atoms with van der Waals surface area (Å²) < 4.78 is 27.7. The van der Waals surface area contributed by atoms with Crippen LogP contribution in [0.25, 0.3) is 0 Å². The molecule has 1 aromatic carbocycles. The summed E-state index contributed by atoms with van der Waals surface area (Å²) >= 11 is 0. The van der Waals surface area contributed by atoms with Crippen LogP contribution in [0.2, 0.25) is 0 Å². The second-order valence-electron chi connectivity index (χ2n) is 10.2. The molecular formula is C25H41N3O3S. The quantitative estimate of drug-likeness (QED) is 0.671. The molecule has 2 aliphatic heterocycles. The van der Waals surface area contributed by atoms with E-state index in [2.05, 4.69) is 31.0 Å². The first-order valence-electron chi connectivity index (χ1n) is 12.2. The Kier molecular flexibility index (Phi) is 8.39. The van der Waals surface area contributed by atoms with Crippen LogP contribution in [-0.4, -0.2) is 62.3 Å². The Morgan fingerprint density at radius 2 is 1.69 bits per heavy atom. The Morgan fingerprint density at radius 3 is 2.25 bits per heavy atom. The molecule has 1 amide bonds. The Balaban J connectivity index is 1.53. The molecule has 0 spiro atoms. The molecule has 0 saturated carbocycles. The number of carbonyl (C=O) groups excluding carboxylic acids is 1. The minimum absolute atomic E-state index is 0.0737. The van der Waals surface area contributed by atoms with E-state index in [0.717, 1.165) is 30.1 Å². The van der Waals surface area contributed by atoms with E-state index < -0.39 is 10.0 Å². The number of carbonyl (C=O) groups is 1. The van der Waals surface area contributed by atoms with Gasteiger partial charge in [-0.2, -0.15) is 4.31 Å². The molecular weight excluding hydrogens is 422 g/mol. The zero-order valence-corrected chi connectivity index (χ0v) is 21.2. The van der Waals surface area contributed by atoms with Gasteiger partial charge in [0.2, 0.25) is 15.9 Å². The van der Waals surface area contributed by atoms with Crippen molar-refractivity contribution in [2.45, 2.75) is 71.2 Å². The van der Waals surface area contributed by atoms with Crippen molar-refractivity contribution in [2.24, 2.45) is 17.8 Å². The number of hydrogen-bond donors (Lipinski definition) is 1. The van der Waals surface area contributed by atoms with Crippen molar-refractivity contribution in [3.8, 4) is 0 Å². The summed E-state index contributed by atoms with van der Waals surface area (Å²) in [7, 11) is -3.52. The maximum absolute atomic E-state index is 13.1. The molecule has 6 nitrogen and oxygen atoms in total. The van der Waals surface area contributed by atoms with Crippen LogP contribution in [0, 0.1) is 31.6 Å². The van der Waals surface area contributed by atoms with E-state index in [0.29, 0.717) is 49.3 Å². The fraction of sp³-hybridized carbons (Fsp3) is 0.720. The molecule has 1 unspecified atom stereocenters. The van der Waals surface area contributed by atoms with Crippen molar-refractivity contribution < 1.29 is 13.2 Å². The Hall–Kier alpha value is -1.44. The molecule has 1 atom stereocenters. The van der Waals surface area contributed by atoms with Crippen LogP contribution >= 0.6 is 0 Å². The summed E-state index contributed by atoms with van der Waals surface area (Å²) in [5.41, 5.74) is 1.83. The summed E-state index contributed by atoms with van der Waals surface area (Å²) in [5.74, 6) is 1.23. The number of amides is 1. The number of rotatable bonds is 7. The van der Waals surface area contributed by atoms with E-state index in [9.17, 15) is 13.2 Å². The van der Waals surface area contributed by atoms with Gasteiger partial charge >= 0.3 is 0 Å². The monoisotopic (exact) mass is 463 g/mol. The molecule has 2 fully saturated rings. The van der Waals surface area contributed by atoms with E-state index in [-0.39, 0.29) is 11.8 Å². The lowest BCUT2D eigenvalue weighted by atomic mass is 9.93. The third-order valence-corrected chi connectivity index (χ3v) is 9.37. The molecule has 1 N–H and O–H groups in total. The second kappa shape index (κ2) is 10.7. The summed E-state index contributed by atoms with van der Waals surface area (Å²) in [6.07, 6.45) is 3.60. The largest absolute Gasteiger partial charge is 0.354 e. The van der Waals surface area contributed by atoms with Crippen molar-refractivity contribution in [2.75, 3.05) is 32.7 Å². The summed E-state index contributed by atoms with van der Waals surface area (Å²) in [5, 5.41) is 3.19. The van der Waals surface area contributed by atoms with Crippen LogP contribution < -0.4 is 5.32 Å². The van der Waals surface area contributed by atoms with Gasteiger partial charge in [-0.05, 0) is 76.1 Å². The first-order chi connectivity index (χ1) is 15.1. The molecule has 3 rings (SSSR count). The highest BCUT2D eigenvalue weighted by Crippen LogP contribution is 2.27. The number of nitrogens with one attached hydrogen (secondary N) is 1. The number of nitrogens with zero attached hydrogens (tertiary/aromatic N) is 2. The average molecular weight is 464 g/mol. The number of hydrogen-bond acceptors (Lipinski definition) is 4.